The van der Waals surface area contributed by atoms with Crippen LogP contribution in [0.15, 0.2) is 84.9 Å². The Morgan fingerprint density at radius 1 is 0.524 bits per heavy atom. The molecule has 0 heterocycles. The first-order valence-electron chi connectivity index (χ1n) is 7.05. The van der Waals surface area contributed by atoms with Crippen molar-refractivity contribution >= 4 is 21.5 Å². The van der Waals surface area contributed by atoms with Crippen molar-refractivity contribution in [2.75, 3.05) is 0 Å². The standard InChI is InChI=1S/C20H14O/c1-2-9-16(10-3-1)21-20-14-15-8-4-5-11-17(15)18-12-6-7-13-19(18)20/h1-14H. The number of fused-ring (bicyclic) bond motifs is 3. The molecule has 0 aliphatic rings. The molecule has 0 bridgehead atoms. The zero-order valence-electron chi connectivity index (χ0n) is 11.5. The third kappa shape index (κ3) is 2.13. The van der Waals surface area contributed by atoms with Gasteiger partial charge >= 0.3 is 0 Å². The fourth-order valence-corrected chi connectivity index (χ4v) is 2.72. The summed E-state index contributed by atoms with van der Waals surface area (Å²) in [6.07, 6.45) is 0. The lowest BCUT2D eigenvalue weighted by atomic mass is 10.0. The van der Waals surface area contributed by atoms with Gasteiger partial charge in [0.25, 0.3) is 0 Å². The Morgan fingerprint density at radius 2 is 1.14 bits per heavy atom. The minimum Gasteiger partial charge on any atom is -0.457 e. The van der Waals surface area contributed by atoms with E-state index in [1.165, 1.54) is 16.2 Å². The van der Waals surface area contributed by atoms with Crippen LogP contribution >= 0.6 is 0 Å². The number of benzene rings is 4. The van der Waals surface area contributed by atoms with Gasteiger partial charge in [0, 0.05) is 5.39 Å². The molecule has 0 atom stereocenters. The van der Waals surface area contributed by atoms with Gasteiger partial charge < -0.3 is 4.74 Å². The lowest BCUT2D eigenvalue weighted by molar-refractivity contribution is 0.489. The molecule has 0 aliphatic carbocycles. The quantitative estimate of drug-likeness (QED) is 0.419. The van der Waals surface area contributed by atoms with Gasteiger partial charge in [-0.15, -0.1) is 0 Å². The molecule has 0 saturated heterocycles. The summed E-state index contributed by atoms with van der Waals surface area (Å²) in [5, 5.41) is 4.82. The predicted molar refractivity (Wildman–Crippen MR) is 88.0 cm³/mol. The van der Waals surface area contributed by atoms with Crippen LogP contribution in [0.4, 0.5) is 0 Å². The second kappa shape index (κ2) is 4.95. The summed E-state index contributed by atoms with van der Waals surface area (Å²) < 4.78 is 6.10. The Hall–Kier alpha value is -2.80. The van der Waals surface area contributed by atoms with Gasteiger partial charge in [0.05, 0.1) is 0 Å². The molecule has 0 saturated carbocycles. The molecule has 1 nitrogen and oxygen atoms in total. The fourth-order valence-electron chi connectivity index (χ4n) is 2.72. The van der Waals surface area contributed by atoms with Crippen molar-refractivity contribution in [3.63, 3.8) is 0 Å². The molecule has 4 aromatic rings. The number of hydrogen-bond acceptors (Lipinski definition) is 1. The summed E-state index contributed by atoms with van der Waals surface area (Å²) in [6.45, 7) is 0. The zero-order chi connectivity index (χ0) is 14.1. The van der Waals surface area contributed by atoms with Crippen molar-refractivity contribution in [3.8, 4) is 11.5 Å². The van der Waals surface area contributed by atoms with Crippen molar-refractivity contribution in [2.45, 2.75) is 0 Å². The molecule has 0 aliphatic heterocycles. The molecule has 0 aromatic heterocycles. The fraction of sp³-hybridized carbons (Fsp3) is 0. The molecular weight excluding hydrogens is 256 g/mol. The maximum atomic E-state index is 6.10. The van der Waals surface area contributed by atoms with Crippen LogP contribution in [-0.4, -0.2) is 0 Å². The van der Waals surface area contributed by atoms with E-state index in [-0.39, 0.29) is 0 Å². The second-order valence-electron chi connectivity index (χ2n) is 5.06. The van der Waals surface area contributed by atoms with Crippen LogP contribution in [0.3, 0.4) is 0 Å². The Balaban J connectivity index is 1.98. The van der Waals surface area contributed by atoms with Gasteiger partial charge in [-0.1, -0.05) is 66.7 Å². The SMILES string of the molecule is c1ccc(Oc2cc3ccccc3c3ccccc23)cc1. The molecular formula is C20H14O. The first kappa shape index (κ1) is 12.0. The first-order chi connectivity index (χ1) is 10.4. The average Bonchev–Trinajstić information content (AvgIpc) is 2.56. The smallest absolute Gasteiger partial charge is 0.135 e. The van der Waals surface area contributed by atoms with Crippen LogP contribution in [-0.2, 0) is 0 Å². The molecule has 4 rings (SSSR count). The normalized spacial score (nSPS) is 10.9. The highest BCUT2D eigenvalue weighted by Gasteiger charge is 2.07. The number of rotatable bonds is 2. The highest BCUT2D eigenvalue weighted by molar-refractivity contribution is 6.10. The molecule has 0 amide bonds. The van der Waals surface area contributed by atoms with Crippen molar-refractivity contribution in [1.29, 1.82) is 0 Å². The Labute approximate surface area is 123 Å². The summed E-state index contributed by atoms with van der Waals surface area (Å²) in [5.41, 5.74) is 0. The maximum Gasteiger partial charge on any atom is 0.135 e. The molecule has 0 spiro atoms. The third-order valence-electron chi connectivity index (χ3n) is 3.70. The van der Waals surface area contributed by atoms with Crippen LogP contribution < -0.4 is 4.74 Å². The predicted octanol–water partition coefficient (Wildman–Crippen LogP) is 5.79. The lowest BCUT2D eigenvalue weighted by Gasteiger charge is -2.11. The van der Waals surface area contributed by atoms with Gasteiger partial charge in [-0.3, -0.25) is 0 Å². The molecule has 100 valence electrons. The summed E-state index contributed by atoms with van der Waals surface area (Å²) >= 11 is 0. The number of ether oxygens (including phenoxy) is 1. The van der Waals surface area contributed by atoms with Crippen molar-refractivity contribution in [1.82, 2.24) is 0 Å². The zero-order valence-corrected chi connectivity index (χ0v) is 11.5. The Morgan fingerprint density at radius 3 is 1.95 bits per heavy atom. The van der Waals surface area contributed by atoms with E-state index in [0.717, 1.165) is 16.9 Å². The van der Waals surface area contributed by atoms with Crippen molar-refractivity contribution < 1.29 is 4.74 Å². The largest absolute Gasteiger partial charge is 0.457 e. The van der Waals surface area contributed by atoms with E-state index in [2.05, 4.69) is 54.6 Å². The molecule has 21 heavy (non-hydrogen) atoms. The third-order valence-corrected chi connectivity index (χ3v) is 3.70. The van der Waals surface area contributed by atoms with Crippen LogP contribution in [0.5, 0.6) is 11.5 Å². The second-order valence-corrected chi connectivity index (χ2v) is 5.06. The van der Waals surface area contributed by atoms with E-state index in [1.54, 1.807) is 0 Å². The van der Waals surface area contributed by atoms with Crippen LogP contribution in [0.25, 0.3) is 21.5 Å². The summed E-state index contributed by atoms with van der Waals surface area (Å²) in [4.78, 5) is 0. The van der Waals surface area contributed by atoms with Crippen LogP contribution in [0, 0.1) is 0 Å². The monoisotopic (exact) mass is 270 g/mol. The van der Waals surface area contributed by atoms with Gasteiger partial charge in [0.2, 0.25) is 0 Å². The van der Waals surface area contributed by atoms with Gasteiger partial charge in [0.1, 0.15) is 11.5 Å². The van der Waals surface area contributed by atoms with E-state index in [4.69, 9.17) is 4.74 Å². The summed E-state index contributed by atoms with van der Waals surface area (Å²) in [5.74, 6) is 1.76. The molecule has 1 heteroatoms. The van der Waals surface area contributed by atoms with Crippen molar-refractivity contribution in [3.05, 3.63) is 84.9 Å². The van der Waals surface area contributed by atoms with E-state index in [9.17, 15) is 0 Å². The molecule has 0 radical (unpaired) electrons. The minimum atomic E-state index is 0.859. The number of para-hydroxylation sites is 1. The lowest BCUT2D eigenvalue weighted by Crippen LogP contribution is -1.87. The Kier molecular flexibility index (Phi) is 2.82. The maximum absolute atomic E-state index is 6.10. The highest BCUT2D eigenvalue weighted by atomic mass is 16.5. The van der Waals surface area contributed by atoms with Crippen LogP contribution in [0.2, 0.25) is 0 Å². The summed E-state index contributed by atoms with van der Waals surface area (Å²) in [7, 11) is 0. The molecule has 0 fully saturated rings. The van der Waals surface area contributed by atoms with Crippen LogP contribution in [0.1, 0.15) is 0 Å². The molecule has 4 aromatic carbocycles. The van der Waals surface area contributed by atoms with E-state index >= 15 is 0 Å². The van der Waals surface area contributed by atoms with E-state index in [0.29, 0.717) is 0 Å². The van der Waals surface area contributed by atoms with E-state index < -0.39 is 0 Å². The highest BCUT2D eigenvalue weighted by Crippen LogP contribution is 2.35. The van der Waals surface area contributed by atoms with Gasteiger partial charge in [-0.25, -0.2) is 0 Å². The topological polar surface area (TPSA) is 9.23 Å². The Bertz CT molecular complexity index is 910. The van der Waals surface area contributed by atoms with E-state index in [1.807, 2.05) is 30.3 Å². The minimum absolute atomic E-state index is 0.859. The molecule has 0 N–H and O–H groups in total. The average molecular weight is 270 g/mol. The van der Waals surface area contributed by atoms with Gasteiger partial charge in [-0.2, -0.15) is 0 Å². The van der Waals surface area contributed by atoms with Gasteiger partial charge in [0.15, 0.2) is 0 Å². The first-order valence-corrected chi connectivity index (χ1v) is 7.05. The number of hydrogen-bond donors (Lipinski definition) is 0. The summed E-state index contributed by atoms with van der Waals surface area (Å²) in [6, 6.07) is 28.8. The van der Waals surface area contributed by atoms with Gasteiger partial charge in [-0.05, 0) is 34.4 Å². The van der Waals surface area contributed by atoms with Crippen molar-refractivity contribution in [2.24, 2.45) is 0 Å². The molecule has 0 unspecified atom stereocenters.